The number of aromatic nitrogens is 1. The van der Waals surface area contributed by atoms with Gasteiger partial charge in [-0.2, -0.15) is 0 Å². The maximum absolute atomic E-state index is 14.3. The first-order valence-electron chi connectivity index (χ1n) is 9.55. The van der Waals surface area contributed by atoms with Crippen molar-refractivity contribution < 1.29 is 22.3 Å². The zero-order valence-electron chi connectivity index (χ0n) is 16.7. The second-order valence-corrected chi connectivity index (χ2v) is 9.37. The van der Waals surface area contributed by atoms with Crippen LogP contribution in [0.4, 0.5) is 4.39 Å². The molecule has 0 N–H and O–H groups in total. The van der Waals surface area contributed by atoms with Crippen molar-refractivity contribution in [1.82, 2.24) is 14.8 Å². The molecular weight excluding hydrogens is 409 g/mol. The number of piperazine rings is 1. The van der Waals surface area contributed by atoms with E-state index < -0.39 is 15.7 Å². The quantitative estimate of drug-likeness (QED) is 0.623. The highest BCUT2D eigenvalue weighted by molar-refractivity contribution is 7.90. The summed E-state index contributed by atoms with van der Waals surface area (Å²) in [6.07, 6.45) is 7.30. The number of carbonyl (C=O) groups is 1. The summed E-state index contributed by atoms with van der Waals surface area (Å²) in [7, 11) is -2.99. The molecule has 0 aliphatic carbocycles. The highest BCUT2D eigenvalue weighted by Gasteiger charge is 2.20. The molecule has 0 radical (unpaired) electrons. The highest BCUT2D eigenvalue weighted by atomic mass is 32.2. The fraction of sp³-hybridized carbons (Fsp3) is 0.333. The minimum absolute atomic E-state index is 0.0803. The molecule has 30 heavy (non-hydrogen) atoms. The van der Waals surface area contributed by atoms with Crippen molar-refractivity contribution in [3.8, 4) is 11.5 Å². The van der Waals surface area contributed by atoms with Gasteiger partial charge in [-0.05, 0) is 35.9 Å². The lowest BCUT2D eigenvalue weighted by molar-refractivity contribution is -0.127. The Morgan fingerprint density at radius 3 is 2.63 bits per heavy atom. The van der Waals surface area contributed by atoms with Crippen molar-refractivity contribution in [3.05, 3.63) is 60.2 Å². The molecule has 1 saturated heterocycles. The molecule has 1 amide bonds. The number of rotatable bonds is 7. The molecule has 0 saturated carbocycles. The van der Waals surface area contributed by atoms with Crippen molar-refractivity contribution in [2.24, 2.45) is 0 Å². The Morgan fingerprint density at radius 2 is 2.00 bits per heavy atom. The number of benzene rings is 1. The van der Waals surface area contributed by atoms with Gasteiger partial charge in [-0.15, -0.1) is 0 Å². The predicted octanol–water partition coefficient (Wildman–Crippen LogP) is 2.21. The van der Waals surface area contributed by atoms with Crippen LogP contribution in [0.25, 0.3) is 6.08 Å². The van der Waals surface area contributed by atoms with E-state index >= 15 is 0 Å². The lowest BCUT2D eigenvalue weighted by atomic mass is 10.2. The van der Waals surface area contributed by atoms with Crippen LogP contribution in [0.1, 0.15) is 5.56 Å². The van der Waals surface area contributed by atoms with E-state index in [-0.39, 0.29) is 17.4 Å². The Hall–Kier alpha value is -2.78. The molecule has 0 bridgehead atoms. The number of carbonyl (C=O) groups excluding carboxylic acids is 1. The summed E-state index contributed by atoms with van der Waals surface area (Å²) < 4.78 is 42.3. The summed E-state index contributed by atoms with van der Waals surface area (Å²) in [5.41, 5.74) is 0.547. The molecule has 1 fully saturated rings. The first-order valence-corrected chi connectivity index (χ1v) is 11.6. The number of pyridine rings is 1. The van der Waals surface area contributed by atoms with E-state index in [9.17, 15) is 17.6 Å². The number of amides is 1. The molecular formula is C21H24FN3O4S. The minimum atomic E-state index is -2.99. The first kappa shape index (κ1) is 21.9. The van der Waals surface area contributed by atoms with Crippen LogP contribution in [0.2, 0.25) is 0 Å². The molecule has 1 aromatic heterocycles. The van der Waals surface area contributed by atoms with Gasteiger partial charge < -0.3 is 9.64 Å². The molecule has 1 aliphatic rings. The van der Waals surface area contributed by atoms with Crippen LogP contribution in [-0.2, 0) is 14.6 Å². The van der Waals surface area contributed by atoms with Gasteiger partial charge in [0, 0.05) is 51.3 Å². The predicted molar refractivity (Wildman–Crippen MR) is 112 cm³/mol. The second kappa shape index (κ2) is 9.82. The van der Waals surface area contributed by atoms with Gasteiger partial charge in [0.2, 0.25) is 5.91 Å². The van der Waals surface area contributed by atoms with Crippen LogP contribution in [-0.4, -0.2) is 73.8 Å². The summed E-state index contributed by atoms with van der Waals surface area (Å²) in [6.45, 7) is 2.79. The Balaban J connectivity index is 1.52. The fourth-order valence-corrected chi connectivity index (χ4v) is 3.59. The number of ether oxygens (including phenoxy) is 1. The van der Waals surface area contributed by atoms with E-state index in [0.717, 1.165) is 0 Å². The van der Waals surface area contributed by atoms with Gasteiger partial charge in [0.15, 0.2) is 11.6 Å². The van der Waals surface area contributed by atoms with Crippen LogP contribution >= 0.6 is 0 Å². The Labute approximate surface area is 175 Å². The smallest absolute Gasteiger partial charge is 0.246 e. The molecule has 1 aromatic carbocycles. The van der Waals surface area contributed by atoms with Crippen molar-refractivity contribution in [2.45, 2.75) is 0 Å². The molecule has 2 aromatic rings. The third-order valence-electron chi connectivity index (χ3n) is 4.70. The van der Waals surface area contributed by atoms with Crippen molar-refractivity contribution in [3.63, 3.8) is 0 Å². The average molecular weight is 434 g/mol. The number of sulfone groups is 1. The van der Waals surface area contributed by atoms with Crippen LogP contribution in [0.3, 0.4) is 0 Å². The van der Waals surface area contributed by atoms with Gasteiger partial charge in [-0.25, -0.2) is 12.8 Å². The monoisotopic (exact) mass is 433 g/mol. The summed E-state index contributed by atoms with van der Waals surface area (Å²) >= 11 is 0. The largest absolute Gasteiger partial charge is 0.453 e. The Kier molecular flexibility index (Phi) is 7.17. The molecule has 7 nitrogen and oxygen atoms in total. The number of hydrogen-bond acceptors (Lipinski definition) is 6. The van der Waals surface area contributed by atoms with Crippen LogP contribution in [0.15, 0.2) is 48.8 Å². The fourth-order valence-electron chi connectivity index (χ4n) is 3.00. The van der Waals surface area contributed by atoms with E-state index in [2.05, 4.69) is 4.98 Å². The zero-order chi connectivity index (χ0) is 21.6. The Morgan fingerprint density at radius 1 is 1.23 bits per heavy atom. The number of nitrogens with zero attached hydrogens (tertiary/aromatic N) is 3. The highest BCUT2D eigenvalue weighted by Crippen LogP contribution is 2.24. The third kappa shape index (κ3) is 6.64. The van der Waals surface area contributed by atoms with Gasteiger partial charge in [-0.3, -0.25) is 14.7 Å². The maximum Gasteiger partial charge on any atom is 0.246 e. The van der Waals surface area contributed by atoms with Crippen LogP contribution in [0.5, 0.6) is 11.5 Å². The summed E-state index contributed by atoms with van der Waals surface area (Å²) in [5.74, 6) is -0.0589. The average Bonchev–Trinajstić information content (AvgIpc) is 2.73. The van der Waals surface area contributed by atoms with Crippen LogP contribution in [0, 0.1) is 5.82 Å². The molecule has 0 unspecified atom stereocenters. The van der Waals surface area contributed by atoms with E-state index in [0.29, 0.717) is 44.0 Å². The van der Waals surface area contributed by atoms with E-state index in [1.807, 2.05) is 4.90 Å². The maximum atomic E-state index is 14.3. The molecule has 3 rings (SSSR count). The van der Waals surface area contributed by atoms with E-state index in [4.69, 9.17) is 4.74 Å². The van der Waals surface area contributed by atoms with E-state index in [1.165, 1.54) is 30.7 Å². The number of halogens is 1. The van der Waals surface area contributed by atoms with Gasteiger partial charge in [-0.1, -0.05) is 6.07 Å². The molecule has 0 atom stereocenters. The topological polar surface area (TPSA) is 79.8 Å². The van der Waals surface area contributed by atoms with Crippen molar-refractivity contribution >= 4 is 21.8 Å². The SMILES string of the molecule is CS(=O)(=O)CCN1CCN(C(=O)/C=C/c2ccc(Oc3cccnc3)c(F)c2)CC1. The molecule has 160 valence electrons. The molecule has 9 heteroatoms. The molecule has 2 heterocycles. The first-order chi connectivity index (χ1) is 14.3. The number of hydrogen-bond donors (Lipinski definition) is 0. The van der Waals surface area contributed by atoms with Gasteiger partial charge in [0.25, 0.3) is 0 Å². The van der Waals surface area contributed by atoms with Gasteiger partial charge in [0.1, 0.15) is 15.6 Å². The summed E-state index contributed by atoms with van der Waals surface area (Å²) in [6, 6.07) is 7.86. The lowest BCUT2D eigenvalue weighted by Gasteiger charge is -2.34. The lowest BCUT2D eigenvalue weighted by Crippen LogP contribution is -2.49. The molecule has 1 aliphatic heterocycles. The standard InChI is InChI=1S/C21H24FN3O4S/c1-30(27,28)14-13-24-9-11-25(12-10-24)21(26)7-5-17-4-6-20(19(22)15-17)29-18-3-2-8-23-16-18/h2-8,15-16H,9-14H2,1H3/b7-5+. The third-order valence-corrected chi connectivity index (χ3v) is 5.62. The normalized spacial score (nSPS) is 15.5. The van der Waals surface area contributed by atoms with E-state index in [1.54, 1.807) is 35.4 Å². The van der Waals surface area contributed by atoms with Crippen molar-refractivity contribution in [1.29, 1.82) is 0 Å². The second-order valence-electron chi connectivity index (χ2n) is 7.11. The van der Waals surface area contributed by atoms with Gasteiger partial charge in [0.05, 0.1) is 11.9 Å². The van der Waals surface area contributed by atoms with Crippen molar-refractivity contribution in [2.75, 3.05) is 44.7 Å². The summed E-state index contributed by atoms with van der Waals surface area (Å²) in [5, 5.41) is 0. The molecule has 0 spiro atoms. The minimum Gasteiger partial charge on any atom is -0.453 e. The summed E-state index contributed by atoms with van der Waals surface area (Å²) in [4.78, 5) is 20.0. The zero-order valence-corrected chi connectivity index (χ0v) is 17.5. The van der Waals surface area contributed by atoms with Crippen LogP contribution < -0.4 is 4.74 Å². The Bertz CT molecular complexity index is 1000. The van der Waals surface area contributed by atoms with Gasteiger partial charge >= 0.3 is 0 Å².